The Morgan fingerprint density at radius 2 is 2.12 bits per heavy atom. The van der Waals surface area contributed by atoms with Gasteiger partial charge >= 0.3 is 0 Å². The van der Waals surface area contributed by atoms with Crippen LogP contribution in [0.2, 0.25) is 5.02 Å². The molecule has 3 heteroatoms. The molecule has 0 saturated heterocycles. The average molecular weight is 258 g/mol. The van der Waals surface area contributed by atoms with Gasteiger partial charge in [0.2, 0.25) is 0 Å². The SMILES string of the molecule is CCCCCC(Cc1ccc(F)c(Cl)c1)NC. The van der Waals surface area contributed by atoms with Gasteiger partial charge in [0.1, 0.15) is 5.82 Å². The molecule has 0 saturated carbocycles. The van der Waals surface area contributed by atoms with Crippen LogP contribution in [0.25, 0.3) is 0 Å². The van der Waals surface area contributed by atoms with Crippen LogP contribution in [0.15, 0.2) is 18.2 Å². The lowest BCUT2D eigenvalue weighted by molar-refractivity contribution is 0.489. The van der Waals surface area contributed by atoms with E-state index in [1.165, 1.54) is 25.3 Å². The Bertz CT molecular complexity index is 341. The Balaban J connectivity index is 2.51. The summed E-state index contributed by atoms with van der Waals surface area (Å²) in [6, 6.07) is 5.42. The summed E-state index contributed by atoms with van der Waals surface area (Å²) >= 11 is 5.77. The second-order valence-electron chi connectivity index (χ2n) is 4.43. The summed E-state index contributed by atoms with van der Waals surface area (Å²) in [7, 11) is 1.97. The summed E-state index contributed by atoms with van der Waals surface area (Å²) in [6.07, 6.45) is 5.79. The van der Waals surface area contributed by atoms with Crippen molar-refractivity contribution >= 4 is 11.6 Å². The Morgan fingerprint density at radius 3 is 2.71 bits per heavy atom. The number of unbranched alkanes of at least 4 members (excludes halogenated alkanes) is 2. The summed E-state index contributed by atoms with van der Waals surface area (Å²) in [5.41, 5.74) is 1.09. The Hall–Kier alpha value is -0.600. The van der Waals surface area contributed by atoms with E-state index in [-0.39, 0.29) is 10.8 Å². The zero-order chi connectivity index (χ0) is 12.7. The fraction of sp³-hybridized carbons (Fsp3) is 0.571. The van der Waals surface area contributed by atoms with Crippen molar-refractivity contribution in [3.05, 3.63) is 34.6 Å². The number of likely N-dealkylation sites (N-methyl/N-ethyl adjacent to an activating group) is 1. The van der Waals surface area contributed by atoms with E-state index >= 15 is 0 Å². The van der Waals surface area contributed by atoms with Crippen LogP contribution in [-0.2, 0) is 6.42 Å². The molecule has 1 rings (SSSR count). The van der Waals surface area contributed by atoms with Gasteiger partial charge < -0.3 is 5.32 Å². The van der Waals surface area contributed by atoms with E-state index in [4.69, 9.17) is 11.6 Å². The summed E-state index contributed by atoms with van der Waals surface area (Å²) in [6.45, 7) is 2.20. The standard InChI is InChI=1S/C14H21ClFN/c1-3-4-5-6-12(17-2)9-11-7-8-14(16)13(15)10-11/h7-8,10,12,17H,3-6,9H2,1-2H3. The van der Waals surface area contributed by atoms with Gasteiger partial charge in [-0.05, 0) is 37.6 Å². The van der Waals surface area contributed by atoms with Gasteiger partial charge in [-0.25, -0.2) is 4.39 Å². The summed E-state index contributed by atoms with van der Waals surface area (Å²) in [5.74, 6) is -0.345. The largest absolute Gasteiger partial charge is 0.317 e. The predicted octanol–water partition coefficient (Wildman–Crippen LogP) is 4.19. The maximum Gasteiger partial charge on any atom is 0.141 e. The van der Waals surface area contributed by atoms with Gasteiger partial charge in [0.05, 0.1) is 5.02 Å². The lowest BCUT2D eigenvalue weighted by Crippen LogP contribution is -2.27. The highest BCUT2D eigenvalue weighted by Crippen LogP contribution is 2.18. The Labute approximate surface area is 108 Å². The fourth-order valence-electron chi connectivity index (χ4n) is 1.94. The molecular formula is C14H21ClFN. The molecule has 1 atom stereocenters. The van der Waals surface area contributed by atoms with Crippen LogP contribution in [0.4, 0.5) is 4.39 Å². The quantitative estimate of drug-likeness (QED) is 0.723. The van der Waals surface area contributed by atoms with Gasteiger partial charge in [0.25, 0.3) is 0 Å². The summed E-state index contributed by atoms with van der Waals surface area (Å²) in [5, 5.41) is 3.52. The van der Waals surface area contributed by atoms with Gasteiger partial charge in [-0.2, -0.15) is 0 Å². The molecule has 1 aromatic rings. The zero-order valence-electron chi connectivity index (χ0n) is 10.6. The van der Waals surface area contributed by atoms with Crippen LogP contribution in [0.1, 0.15) is 38.2 Å². The number of hydrogen-bond acceptors (Lipinski definition) is 1. The van der Waals surface area contributed by atoms with Crippen LogP contribution >= 0.6 is 11.6 Å². The van der Waals surface area contributed by atoms with E-state index in [9.17, 15) is 4.39 Å². The molecule has 0 aliphatic carbocycles. The average Bonchev–Trinajstić information content (AvgIpc) is 2.32. The second-order valence-corrected chi connectivity index (χ2v) is 4.84. The third-order valence-electron chi connectivity index (χ3n) is 3.03. The monoisotopic (exact) mass is 257 g/mol. The fourth-order valence-corrected chi connectivity index (χ4v) is 2.14. The van der Waals surface area contributed by atoms with Crippen LogP contribution in [0.3, 0.4) is 0 Å². The molecule has 1 unspecified atom stereocenters. The van der Waals surface area contributed by atoms with Gasteiger partial charge in [-0.1, -0.05) is 43.9 Å². The maximum atomic E-state index is 13.0. The van der Waals surface area contributed by atoms with Gasteiger partial charge in [-0.15, -0.1) is 0 Å². The molecule has 96 valence electrons. The molecule has 1 N–H and O–H groups in total. The van der Waals surface area contributed by atoms with Gasteiger partial charge in [0, 0.05) is 6.04 Å². The van der Waals surface area contributed by atoms with Crippen LogP contribution in [-0.4, -0.2) is 13.1 Å². The first-order chi connectivity index (χ1) is 8.17. The number of halogens is 2. The molecule has 1 aromatic carbocycles. The molecule has 0 amide bonds. The first-order valence-corrected chi connectivity index (χ1v) is 6.66. The van der Waals surface area contributed by atoms with Crippen molar-refractivity contribution in [3.8, 4) is 0 Å². The molecule has 0 spiro atoms. The highest BCUT2D eigenvalue weighted by atomic mass is 35.5. The molecule has 0 aliphatic heterocycles. The number of rotatable bonds is 7. The molecule has 0 heterocycles. The van der Waals surface area contributed by atoms with Crippen molar-refractivity contribution < 1.29 is 4.39 Å². The highest BCUT2D eigenvalue weighted by molar-refractivity contribution is 6.30. The molecule has 0 bridgehead atoms. The van der Waals surface area contributed by atoms with E-state index in [1.807, 2.05) is 13.1 Å². The summed E-state index contributed by atoms with van der Waals surface area (Å²) < 4.78 is 13.0. The van der Waals surface area contributed by atoms with E-state index < -0.39 is 0 Å². The van der Waals surface area contributed by atoms with E-state index in [0.29, 0.717) is 6.04 Å². The van der Waals surface area contributed by atoms with Crippen molar-refractivity contribution in [1.29, 1.82) is 0 Å². The molecule has 0 fully saturated rings. The molecule has 1 nitrogen and oxygen atoms in total. The topological polar surface area (TPSA) is 12.0 Å². The highest BCUT2D eigenvalue weighted by Gasteiger charge is 2.08. The van der Waals surface area contributed by atoms with Gasteiger partial charge in [0.15, 0.2) is 0 Å². The number of hydrogen-bond donors (Lipinski definition) is 1. The normalized spacial score (nSPS) is 12.7. The molecule has 0 aliphatic rings. The van der Waals surface area contributed by atoms with E-state index in [0.717, 1.165) is 18.4 Å². The van der Waals surface area contributed by atoms with Crippen molar-refractivity contribution in [1.82, 2.24) is 5.32 Å². The molecule has 0 aromatic heterocycles. The third-order valence-corrected chi connectivity index (χ3v) is 3.32. The second kappa shape index (κ2) is 7.67. The molecule has 0 radical (unpaired) electrons. The minimum Gasteiger partial charge on any atom is -0.317 e. The molecular weight excluding hydrogens is 237 g/mol. The van der Waals surface area contributed by atoms with Crippen molar-refractivity contribution in [2.45, 2.75) is 45.1 Å². The maximum absolute atomic E-state index is 13.0. The summed E-state index contributed by atoms with van der Waals surface area (Å²) in [4.78, 5) is 0. The zero-order valence-corrected chi connectivity index (χ0v) is 11.4. The molecule has 17 heavy (non-hydrogen) atoms. The minimum absolute atomic E-state index is 0.214. The first kappa shape index (κ1) is 14.5. The van der Waals surface area contributed by atoms with Crippen LogP contribution in [0, 0.1) is 5.82 Å². The lowest BCUT2D eigenvalue weighted by Gasteiger charge is -2.16. The van der Waals surface area contributed by atoms with Crippen LogP contribution < -0.4 is 5.32 Å². The third kappa shape index (κ3) is 5.05. The smallest absolute Gasteiger partial charge is 0.141 e. The van der Waals surface area contributed by atoms with E-state index in [2.05, 4.69) is 12.2 Å². The van der Waals surface area contributed by atoms with Crippen molar-refractivity contribution in [2.24, 2.45) is 0 Å². The van der Waals surface area contributed by atoms with Crippen LogP contribution in [0.5, 0.6) is 0 Å². The Kier molecular flexibility index (Phi) is 6.53. The first-order valence-electron chi connectivity index (χ1n) is 6.28. The van der Waals surface area contributed by atoms with Crippen molar-refractivity contribution in [2.75, 3.05) is 7.05 Å². The van der Waals surface area contributed by atoms with E-state index in [1.54, 1.807) is 6.07 Å². The minimum atomic E-state index is -0.345. The van der Waals surface area contributed by atoms with Gasteiger partial charge in [-0.3, -0.25) is 0 Å². The number of benzene rings is 1. The van der Waals surface area contributed by atoms with Crippen molar-refractivity contribution in [3.63, 3.8) is 0 Å². The lowest BCUT2D eigenvalue weighted by atomic mass is 10.0. The Morgan fingerprint density at radius 1 is 1.35 bits per heavy atom. The predicted molar refractivity (Wildman–Crippen MR) is 72.1 cm³/mol. The number of nitrogens with one attached hydrogen (secondary N) is 1.